The fourth-order valence-corrected chi connectivity index (χ4v) is 4.77. The zero-order chi connectivity index (χ0) is 23.7. The summed E-state index contributed by atoms with van der Waals surface area (Å²) in [6, 6.07) is 6.62. The first kappa shape index (κ1) is 22.0. The Morgan fingerprint density at radius 3 is 2.97 bits per heavy atom. The number of allylic oxidation sites excluding steroid dienone is 1. The van der Waals surface area contributed by atoms with Crippen LogP contribution in [-0.4, -0.2) is 36.1 Å². The summed E-state index contributed by atoms with van der Waals surface area (Å²) in [4.78, 5) is 21.0. The van der Waals surface area contributed by atoms with Gasteiger partial charge in [-0.3, -0.25) is 9.78 Å². The molecule has 0 spiro atoms. The Bertz CT molecular complexity index is 1270. The Balaban J connectivity index is 1.72. The monoisotopic (exact) mass is 461 g/mol. The van der Waals surface area contributed by atoms with Crippen molar-refractivity contribution in [2.75, 3.05) is 30.8 Å². The van der Waals surface area contributed by atoms with Crippen LogP contribution in [0.25, 0.3) is 11.3 Å². The average Bonchev–Trinajstić information content (AvgIpc) is 3.21. The number of carbonyl (C=O) groups excluding carboxylic acids is 1. The van der Waals surface area contributed by atoms with Gasteiger partial charge < -0.3 is 25.7 Å². The highest BCUT2D eigenvalue weighted by Crippen LogP contribution is 2.44. The fraction of sp³-hybridized carbons (Fsp3) is 0.308. The van der Waals surface area contributed by atoms with Crippen molar-refractivity contribution in [3.05, 3.63) is 65.4 Å². The molecule has 0 radical (unpaired) electrons. The standard InChI is InChI=1S/C26H28FN5O2/c1-15-5-3-6-16-13-30-26(33)21-22(16)32-23(17-10-11-28-14-20(17)29-12-9-15)24(21)31-19-8-4-7-18(27)25(19)34-2/h4-5,7-8,10-11,14,16,29,31-32H,3,6,9,12-13H2,1-2H3,(H,30,33)/b15-5+/t16-/m0/s1. The zero-order valence-corrected chi connectivity index (χ0v) is 19.3. The molecule has 1 atom stereocenters. The summed E-state index contributed by atoms with van der Waals surface area (Å²) in [5, 5.41) is 9.86. The van der Waals surface area contributed by atoms with E-state index in [0.29, 0.717) is 23.5 Å². The predicted molar refractivity (Wildman–Crippen MR) is 131 cm³/mol. The number of methoxy groups -OCH3 is 1. The van der Waals surface area contributed by atoms with E-state index >= 15 is 0 Å². The van der Waals surface area contributed by atoms with E-state index < -0.39 is 5.82 Å². The molecular weight excluding hydrogens is 433 g/mol. The van der Waals surface area contributed by atoms with Crippen LogP contribution in [0.1, 0.15) is 48.2 Å². The summed E-state index contributed by atoms with van der Waals surface area (Å²) in [6.45, 7) is 3.49. The number of hydrogen-bond acceptors (Lipinski definition) is 5. The minimum atomic E-state index is -0.476. The van der Waals surface area contributed by atoms with Gasteiger partial charge in [-0.2, -0.15) is 0 Å². The average molecular weight is 462 g/mol. The number of fused-ring (bicyclic) bond motifs is 3. The van der Waals surface area contributed by atoms with Crippen molar-refractivity contribution in [1.82, 2.24) is 15.3 Å². The molecule has 4 heterocycles. The number of para-hydroxylation sites is 1. The molecule has 0 saturated heterocycles. The normalized spacial score (nSPS) is 19.2. The van der Waals surface area contributed by atoms with Crippen molar-refractivity contribution in [2.24, 2.45) is 0 Å². The van der Waals surface area contributed by atoms with Gasteiger partial charge in [0, 0.05) is 36.5 Å². The van der Waals surface area contributed by atoms with Crippen LogP contribution in [0.3, 0.4) is 0 Å². The van der Waals surface area contributed by atoms with E-state index in [1.807, 2.05) is 6.07 Å². The van der Waals surface area contributed by atoms with E-state index in [9.17, 15) is 9.18 Å². The molecule has 2 aliphatic rings. The molecule has 1 aromatic carbocycles. The summed E-state index contributed by atoms with van der Waals surface area (Å²) in [6.07, 6.45) is 8.56. The largest absolute Gasteiger partial charge is 0.492 e. The van der Waals surface area contributed by atoms with Crippen LogP contribution in [0.15, 0.2) is 48.3 Å². The Hall–Kier alpha value is -3.81. The second kappa shape index (κ2) is 9.21. The number of anilines is 3. The lowest BCUT2D eigenvalue weighted by molar-refractivity contribution is 0.0940. The lowest BCUT2D eigenvalue weighted by Gasteiger charge is -2.23. The van der Waals surface area contributed by atoms with Gasteiger partial charge in [-0.1, -0.05) is 17.7 Å². The van der Waals surface area contributed by atoms with Crippen LogP contribution >= 0.6 is 0 Å². The Labute approximate surface area is 197 Å². The molecule has 7 nitrogen and oxygen atoms in total. The summed E-state index contributed by atoms with van der Waals surface area (Å²) in [5.41, 5.74) is 6.33. The Kier molecular flexibility index (Phi) is 5.96. The summed E-state index contributed by atoms with van der Waals surface area (Å²) in [7, 11) is 1.43. The van der Waals surface area contributed by atoms with E-state index in [2.05, 4.69) is 38.9 Å². The molecule has 0 aliphatic carbocycles. The smallest absolute Gasteiger partial charge is 0.255 e. The lowest BCUT2D eigenvalue weighted by Crippen LogP contribution is -2.35. The third-order valence-electron chi connectivity index (χ3n) is 6.54. The summed E-state index contributed by atoms with van der Waals surface area (Å²) >= 11 is 0. The highest BCUT2D eigenvalue weighted by molar-refractivity contribution is 6.07. The number of pyridine rings is 1. The number of aromatic amines is 1. The molecule has 5 rings (SSSR count). The van der Waals surface area contributed by atoms with Gasteiger partial charge in [0.1, 0.15) is 0 Å². The molecule has 2 aliphatic heterocycles. The number of nitrogens with zero attached hydrogens (tertiary/aromatic N) is 1. The van der Waals surface area contributed by atoms with Crippen LogP contribution in [0.5, 0.6) is 5.75 Å². The van der Waals surface area contributed by atoms with Crippen molar-refractivity contribution in [3.63, 3.8) is 0 Å². The zero-order valence-electron chi connectivity index (χ0n) is 19.3. The molecule has 2 bridgehead atoms. The molecule has 4 N–H and O–H groups in total. The first-order chi connectivity index (χ1) is 16.6. The van der Waals surface area contributed by atoms with Crippen molar-refractivity contribution >= 4 is 23.0 Å². The van der Waals surface area contributed by atoms with Crippen LogP contribution in [0, 0.1) is 5.82 Å². The molecule has 3 aromatic rings. The van der Waals surface area contributed by atoms with E-state index in [-0.39, 0.29) is 17.6 Å². The van der Waals surface area contributed by atoms with E-state index in [4.69, 9.17) is 4.74 Å². The molecule has 176 valence electrons. The Morgan fingerprint density at radius 2 is 2.12 bits per heavy atom. The molecule has 8 heteroatoms. The molecule has 34 heavy (non-hydrogen) atoms. The SMILES string of the molecule is COc1c(F)cccc1Nc1c2[nH]c3c1C(=O)NC[C@@H]3CC/C=C(\C)CCNc1cnccc1-2. The van der Waals surface area contributed by atoms with E-state index in [1.54, 1.807) is 24.5 Å². The van der Waals surface area contributed by atoms with Gasteiger partial charge in [0.05, 0.1) is 41.6 Å². The number of aromatic nitrogens is 2. The Morgan fingerprint density at radius 1 is 1.24 bits per heavy atom. The second-order valence-corrected chi connectivity index (χ2v) is 8.74. The first-order valence-corrected chi connectivity index (χ1v) is 11.5. The highest BCUT2D eigenvalue weighted by atomic mass is 19.1. The van der Waals surface area contributed by atoms with Gasteiger partial charge in [-0.15, -0.1) is 0 Å². The maximum Gasteiger partial charge on any atom is 0.255 e. The first-order valence-electron chi connectivity index (χ1n) is 11.5. The minimum absolute atomic E-state index is 0.0965. The predicted octanol–water partition coefficient (Wildman–Crippen LogP) is 5.34. The second-order valence-electron chi connectivity index (χ2n) is 8.74. The molecule has 2 aromatic heterocycles. The van der Waals surface area contributed by atoms with E-state index in [0.717, 1.165) is 48.4 Å². The number of benzene rings is 1. The molecule has 1 amide bonds. The summed E-state index contributed by atoms with van der Waals surface area (Å²) in [5.74, 6) is -0.399. The lowest BCUT2D eigenvalue weighted by atomic mass is 9.91. The number of carbonyl (C=O) groups is 1. The van der Waals surface area contributed by atoms with Gasteiger partial charge in [0.2, 0.25) is 0 Å². The van der Waals surface area contributed by atoms with Crippen molar-refractivity contribution in [3.8, 4) is 17.0 Å². The number of hydrogen-bond donors (Lipinski definition) is 4. The maximum atomic E-state index is 14.4. The van der Waals surface area contributed by atoms with Gasteiger partial charge in [0.15, 0.2) is 11.6 Å². The number of ether oxygens (including phenoxy) is 1. The third-order valence-corrected chi connectivity index (χ3v) is 6.54. The van der Waals surface area contributed by atoms with Crippen LogP contribution < -0.4 is 20.7 Å². The molecule has 0 saturated carbocycles. The number of amides is 1. The fourth-order valence-electron chi connectivity index (χ4n) is 4.77. The van der Waals surface area contributed by atoms with Crippen LogP contribution in [0.4, 0.5) is 21.5 Å². The molecule has 0 fully saturated rings. The number of H-pyrrole nitrogens is 1. The van der Waals surface area contributed by atoms with Gasteiger partial charge in [-0.05, 0) is 44.4 Å². The minimum Gasteiger partial charge on any atom is -0.492 e. The highest BCUT2D eigenvalue weighted by Gasteiger charge is 2.33. The molecular formula is C26H28FN5O2. The number of halogens is 1. The maximum absolute atomic E-state index is 14.4. The quantitative estimate of drug-likeness (QED) is 0.396. The topological polar surface area (TPSA) is 91.1 Å². The van der Waals surface area contributed by atoms with Crippen molar-refractivity contribution < 1.29 is 13.9 Å². The van der Waals surface area contributed by atoms with Gasteiger partial charge >= 0.3 is 0 Å². The van der Waals surface area contributed by atoms with Crippen molar-refractivity contribution in [1.29, 1.82) is 0 Å². The van der Waals surface area contributed by atoms with Crippen molar-refractivity contribution in [2.45, 2.75) is 32.1 Å². The van der Waals surface area contributed by atoms with Gasteiger partial charge in [0.25, 0.3) is 5.91 Å². The van der Waals surface area contributed by atoms with Crippen LogP contribution in [0.2, 0.25) is 0 Å². The molecule has 0 unspecified atom stereocenters. The third kappa shape index (κ3) is 4.00. The van der Waals surface area contributed by atoms with E-state index in [1.165, 1.54) is 18.7 Å². The number of nitrogens with one attached hydrogen (secondary N) is 4. The van der Waals surface area contributed by atoms with Crippen LogP contribution in [-0.2, 0) is 0 Å². The summed E-state index contributed by atoms with van der Waals surface area (Å²) < 4.78 is 19.8. The number of rotatable bonds is 3. The van der Waals surface area contributed by atoms with Gasteiger partial charge in [-0.25, -0.2) is 4.39 Å².